The number of rotatable bonds is 3. The number of nitrogens with one attached hydrogen (secondary N) is 2. The van der Waals surface area contributed by atoms with E-state index in [2.05, 4.69) is 14.9 Å². The fraction of sp³-hybridized carbons (Fsp3) is 0. The maximum atomic E-state index is 13.3. The maximum Gasteiger partial charge on any atom is 0.267 e. The largest absolute Gasteiger partial charge is 0.383 e. The first kappa shape index (κ1) is 12.8. The van der Waals surface area contributed by atoms with Crippen molar-refractivity contribution in [1.82, 2.24) is 10.2 Å². The normalized spacial score (nSPS) is 10.9. The smallest absolute Gasteiger partial charge is 0.267 e. The Labute approximate surface area is 107 Å². The molecule has 0 radical (unpaired) electrons. The van der Waals surface area contributed by atoms with Crippen LogP contribution in [0.5, 0.6) is 0 Å². The van der Waals surface area contributed by atoms with Gasteiger partial charge in [-0.1, -0.05) is 6.07 Å². The van der Waals surface area contributed by atoms with Crippen molar-refractivity contribution >= 4 is 21.5 Å². The third kappa shape index (κ3) is 2.34. The van der Waals surface area contributed by atoms with E-state index in [-0.39, 0.29) is 16.4 Å². The van der Waals surface area contributed by atoms with Crippen molar-refractivity contribution in [3.63, 3.8) is 0 Å². The van der Waals surface area contributed by atoms with Gasteiger partial charge in [-0.3, -0.25) is 9.82 Å². The van der Waals surface area contributed by atoms with Crippen LogP contribution in [0.3, 0.4) is 0 Å². The zero-order chi connectivity index (χ0) is 14.0. The molecule has 7 nitrogen and oxygen atoms in total. The minimum absolute atomic E-state index is 0.151. The number of nitrogens with two attached hydrogens (primary N) is 1. The third-order valence-electron chi connectivity index (χ3n) is 2.29. The molecule has 0 spiro atoms. The van der Waals surface area contributed by atoms with Gasteiger partial charge in [-0.05, 0) is 12.1 Å². The van der Waals surface area contributed by atoms with E-state index in [1.807, 2.05) is 0 Å². The molecule has 0 fully saturated rings. The first-order chi connectivity index (χ1) is 8.95. The highest BCUT2D eigenvalue weighted by atomic mass is 32.2. The molecule has 19 heavy (non-hydrogen) atoms. The monoisotopic (exact) mass is 281 g/mol. The van der Waals surface area contributed by atoms with E-state index in [1.165, 1.54) is 12.1 Å². The molecule has 0 aliphatic rings. The summed E-state index contributed by atoms with van der Waals surface area (Å²) in [4.78, 5) is -0.277. The molecule has 0 saturated heterocycles. The number of sulfonamides is 1. The number of H-pyrrole nitrogens is 1. The summed E-state index contributed by atoms with van der Waals surface area (Å²) in [7, 11) is -4.04. The molecule has 1 heterocycles. The third-order valence-corrected chi connectivity index (χ3v) is 3.68. The summed E-state index contributed by atoms with van der Waals surface area (Å²) in [6.45, 7) is 0. The van der Waals surface area contributed by atoms with Crippen LogP contribution in [0.4, 0.5) is 15.9 Å². The van der Waals surface area contributed by atoms with Crippen molar-refractivity contribution in [3.8, 4) is 6.07 Å². The van der Waals surface area contributed by atoms with Gasteiger partial charge < -0.3 is 5.73 Å². The van der Waals surface area contributed by atoms with Crippen LogP contribution in [-0.4, -0.2) is 18.6 Å². The Morgan fingerprint density at radius 2 is 2.21 bits per heavy atom. The number of nitrogens with zero attached hydrogens (tertiary/aromatic N) is 2. The Hall–Kier alpha value is -2.60. The molecule has 0 aliphatic carbocycles. The van der Waals surface area contributed by atoms with E-state index in [1.54, 1.807) is 6.07 Å². The predicted octanol–water partition coefficient (Wildman–Crippen LogP) is 0.803. The zero-order valence-electron chi connectivity index (χ0n) is 9.38. The van der Waals surface area contributed by atoms with Crippen LogP contribution in [-0.2, 0) is 10.0 Å². The van der Waals surface area contributed by atoms with Crippen molar-refractivity contribution in [2.75, 3.05) is 10.5 Å². The van der Waals surface area contributed by atoms with Gasteiger partial charge in [0.05, 0.1) is 11.9 Å². The highest BCUT2D eigenvalue weighted by Gasteiger charge is 2.21. The van der Waals surface area contributed by atoms with Crippen LogP contribution in [0.1, 0.15) is 5.56 Å². The number of aromatic amines is 1. The average molecular weight is 281 g/mol. The first-order valence-corrected chi connectivity index (χ1v) is 6.44. The molecule has 98 valence electrons. The quantitative estimate of drug-likeness (QED) is 0.767. The Balaban J connectivity index is 2.46. The summed E-state index contributed by atoms with van der Waals surface area (Å²) in [5.74, 6) is -0.967. The number of hydrogen-bond acceptors (Lipinski definition) is 5. The number of aromatic nitrogens is 2. The van der Waals surface area contributed by atoms with Crippen molar-refractivity contribution < 1.29 is 12.8 Å². The molecular formula is C10H8FN5O2S. The molecule has 0 bridgehead atoms. The van der Waals surface area contributed by atoms with Gasteiger partial charge in [0.2, 0.25) is 0 Å². The Morgan fingerprint density at radius 1 is 1.47 bits per heavy atom. The lowest BCUT2D eigenvalue weighted by atomic mass is 10.2. The van der Waals surface area contributed by atoms with Crippen molar-refractivity contribution in [2.24, 2.45) is 0 Å². The Kier molecular flexibility index (Phi) is 3.10. The lowest BCUT2D eigenvalue weighted by molar-refractivity contribution is 0.601. The molecule has 0 unspecified atom stereocenters. The second-order valence-electron chi connectivity index (χ2n) is 3.53. The minimum atomic E-state index is -4.04. The Bertz CT molecular complexity index is 762. The molecule has 0 amide bonds. The summed E-state index contributed by atoms with van der Waals surface area (Å²) in [5.41, 5.74) is 4.85. The number of nitrogen functional groups attached to an aromatic ring is 1. The van der Waals surface area contributed by atoms with Crippen LogP contribution in [0.15, 0.2) is 29.3 Å². The summed E-state index contributed by atoms with van der Waals surface area (Å²) in [5, 5.41) is 14.6. The van der Waals surface area contributed by atoms with Gasteiger partial charge >= 0.3 is 0 Å². The second kappa shape index (κ2) is 4.58. The van der Waals surface area contributed by atoms with Gasteiger partial charge in [0.25, 0.3) is 10.0 Å². The fourth-order valence-corrected chi connectivity index (χ4v) is 2.52. The van der Waals surface area contributed by atoms with E-state index < -0.39 is 21.4 Å². The topological polar surface area (TPSA) is 125 Å². The van der Waals surface area contributed by atoms with Crippen molar-refractivity contribution in [1.29, 1.82) is 5.26 Å². The van der Waals surface area contributed by atoms with Gasteiger partial charge in [-0.25, -0.2) is 12.8 Å². The summed E-state index contributed by atoms with van der Waals surface area (Å²) in [6, 6.07) is 5.21. The number of benzene rings is 1. The van der Waals surface area contributed by atoms with E-state index in [4.69, 9.17) is 11.0 Å². The molecular weight excluding hydrogens is 273 g/mol. The van der Waals surface area contributed by atoms with Crippen LogP contribution < -0.4 is 10.5 Å². The van der Waals surface area contributed by atoms with Gasteiger partial charge in [-0.2, -0.15) is 10.4 Å². The number of anilines is 2. The van der Waals surface area contributed by atoms with Crippen molar-refractivity contribution in [3.05, 3.63) is 35.8 Å². The number of halogens is 1. The standard InChI is InChI=1S/C10H8FN5O2S/c11-7-2-1-3-8(6(7)4-12)16-19(17,18)9-5-14-15-10(9)13/h1-3,5,16H,(H3,13,14,15). The average Bonchev–Trinajstić information content (AvgIpc) is 2.76. The molecule has 4 N–H and O–H groups in total. The summed E-state index contributed by atoms with van der Waals surface area (Å²) < 4.78 is 39.4. The highest BCUT2D eigenvalue weighted by molar-refractivity contribution is 7.92. The van der Waals surface area contributed by atoms with E-state index >= 15 is 0 Å². The van der Waals surface area contributed by atoms with Gasteiger partial charge in [0.1, 0.15) is 28.2 Å². The molecule has 0 saturated carbocycles. The van der Waals surface area contributed by atoms with Crippen LogP contribution in [0, 0.1) is 17.1 Å². The summed E-state index contributed by atoms with van der Waals surface area (Å²) >= 11 is 0. The molecule has 1 aromatic heterocycles. The first-order valence-electron chi connectivity index (χ1n) is 4.96. The number of nitriles is 1. The van der Waals surface area contributed by atoms with Crippen molar-refractivity contribution in [2.45, 2.75) is 4.90 Å². The lowest BCUT2D eigenvalue weighted by Crippen LogP contribution is -2.15. The van der Waals surface area contributed by atoms with Crippen LogP contribution >= 0.6 is 0 Å². The molecule has 9 heteroatoms. The fourth-order valence-electron chi connectivity index (χ4n) is 1.42. The molecule has 2 aromatic rings. The van der Waals surface area contributed by atoms with Gasteiger partial charge in [0, 0.05) is 0 Å². The SMILES string of the molecule is N#Cc1c(F)cccc1NS(=O)(=O)c1cn[nH]c1N. The van der Waals surface area contributed by atoms with Crippen LogP contribution in [0.2, 0.25) is 0 Å². The Morgan fingerprint density at radius 3 is 2.79 bits per heavy atom. The molecule has 1 aromatic carbocycles. The van der Waals surface area contributed by atoms with E-state index in [0.29, 0.717) is 0 Å². The van der Waals surface area contributed by atoms with E-state index in [0.717, 1.165) is 12.3 Å². The lowest BCUT2D eigenvalue weighted by Gasteiger charge is -2.08. The molecule has 2 rings (SSSR count). The predicted molar refractivity (Wildman–Crippen MR) is 64.9 cm³/mol. The maximum absolute atomic E-state index is 13.3. The second-order valence-corrected chi connectivity index (χ2v) is 5.18. The zero-order valence-corrected chi connectivity index (χ0v) is 10.2. The highest BCUT2D eigenvalue weighted by Crippen LogP contribution is 2.23. The number of hydrogen-bond donors (Lipinski definition) is 3. The van der Waals surface area contributed by atoms with Gasteiger partial charge in [0.15, 0.2) is 0 Å². The van der Waals surface area contributed by atoms with Gasteiger partial charge in [-0.15, -0.1) is 0 Å². The molecule has 0 atom stereocenters. The minimum Gasteiger partial charge on any atom is -0.383 e. The van der Waals surface area contributed by atoms with E-state index in [9.17, 15) is 12.8 Å². The molecule has 0 aliphatic heterocycles. The summed E-state index contributed by atoms with van der Waals surface area (Å²) in [6.07, 6.45) is 1.02. The van der Waals surface area contributed by atoms with Crippen LogP contribution in [0.25, 0.3) is 0 Å².